The standard InChI is InChI=1S/C23H22N6O/c1-4-28(5-2)22-18-14-10-9-13-17(18)21-24-25-23(29(21)26-22)19-15(3)30-27-20(19)16-11-7-6-8-12-16/h6-14H,4-5H2,1-3H3. The van der Waals surface area contributed by atoms with Crippen LogP contribution in [0.4, 0.5) is 5.82 Å². The van der Waals surface area contributed by atoms with Gasteiger partial charge in [0.25, 0.3) is 0 Å². The van der Waals surface area contributed by atoms with Crippen LogP contribution in [-0.4, -0.2) is 38.1 Å². The van der Waals surface area contributed by atoms with Crippen LogP contribution < -0.4 is 4.90 Å². The fraction of sp³-hybridized carbons (Fsp3) is 0.217. The Labute approximate surface area is 173 Å². The predicted octanol–water partition coefficient (Wildman–Crippen LogP) is 4.75. The van der Waals surface area contributed by atoms with Gasteiger partial charge in [-0.05, 0) is 20.8 Å². The molecule has 0 spiro atoms. The van der Waals surface area contributed by atoms with E-state index >= 15 is 0 Å². The van der Waals surface area contributed by atoms with E-state index in [-0.39, 0.29) is 0 Å². The summed E-state index contributed by atoms with van der Waals surface area (Å²) in [5.74, 6) is 2.23. The molecule has 30 heavy (non-hydrogen) atoms. The Hall–Kier alpha value is -3.74. The summed E-state index contributed by atoms with van der Waals surface area (Å²) in [6.45, 7) is 7.88. The van der Waals surface area contributed by atoms with Gasteiger partial charge in [-0.2, -0.15) is 4.52 Å². The summed E-state index contributed by atoms with van der Waals surface area (Å²) in [6.07, 6.45) is 0. The lowest BCUT2D eigenvalue weighted by Crippen LogP contribution is -2.24. The monoisotopic (exact) mass is 398 g/mol. The minimum atomic E-state index is 0.627. The van der Waals surface area contributed by atoms with Crippen molar-refractivity contribution in [2.45, 2.75) is 20.8 Å². The number of rotatable bonds is 5. The molecule has 0 saturated carbocycles. The predicted molar refractivity (Wildman–Crippen MR) is 118 cm³/mol. The van der Waals surface area contributed by atoms with E-state index in [0.29, 0.717) is 11.6 Å². The second-order valence-corrected chi connectivity index (χ2v) is 7.13. The van der Waals surface area contributed by atoms with E-state index in [1.165, 1.54) is 0 Å². The van der Waals surface area contributed by atoms with Crippen molar-refractivity contribution in [1.82, 2.24) is 25.0 Å². The van der Waals surface area contributed by atoms with Gasteiger partial charge in [-0.25, -0.2) is 0 Å². The van der Waals surface area contributed by atoms with E-state index in [9.17, 15) is 0 Å². The van der Waals surface area contributed by atoms with Crippen molar-refractivity contribution in [3.05, 3.63) is 60.4 Å². The van der Waals surface area contributed by atoms with Gasteiger partial charge in [-0.1, -0.05) is 59.8 Å². The molecule has 2 aromatic carbocycles. The molecule has 150 valence electrons. The molecular weight excluding hydrogens is 376 g/mol. The number of nitrogens with zero attached hydrogens (tertiary/aromatic N) is 6. The van der Waals surface area contributed by atoms with Gasteiger partial charge in [-0.3, -0.25) is 0 Å². The molecule has 5 rings (SSSR count). The van der Waals surface area contributed by atoms with Gasteiger partial charge in [0.1, 0.15) is 11.5 Å². The second kappa shape index (κ2) is 7.26. The summed E-state index contributed by atoms with van der Waals surface area (Å²) in [5, 5.41) is 20.4. The fourth-order valence-corrected chi connectivity index (χ4v) is 3.91. The SMILES string of the molecule is CCN(CC)c1nn2c(-c3c(-c4ccccc4)noc3C)nnc2c2ccccc12. The molecule has 0 bridgehead atoms. The number of hydrogen-bond donors (Lipinski definition) is 0. The van der Waals surface area contributed by atoms with Crippen LogP contribution in [-0.2, 0) is 0 Å². The first kappa shape index (κ1) is 18.3. The fourth-order valence-electron chi connectivity index (χ4n) is 3.91. The lowest BCUT2D eigenvalue weighted by Gasteiger charge is -2.21. The Morgan fingerprint density at radius 2 is 1.60 bits per heavy atom. The number of aromatic nitrogens is 5. The van der Waals surface area contributed by atoms with Crippen LogP contribution in [0.15, 0.2) is 59.1 Å². The quantitative estimate of drug-likeness (QED) is 0.425. The second-order valence-electron chi connectivity index (χ2n) is 7.13. The smallest absolute Gasteiger partial charge is 0.191 e. The third-order valence-electron chi connectivity index (χ3n) is 5.44. The van der Waals surface area contributed by atoms with Gasteiger partial charge in [0.2, 0.25) is 0 Å². The highest BCUT2D eigenvalue weighted by Gasteiger charge is 2.24. The molecule has 0 amide bonds. The van der Waals surface area contributed by atoms with Gasteiger partial charge in [0.05, 0.1) is 5.56 Å². The zero-order chi connectivity index (χ0) is 20.7. The summed E-state index contributed by atoms with van der Waals surface area (Å²) in [5.41, 5.74) is 3.23. The van der Waals surface area contributed by atoms with Crippen molar-refractivity contribution in [3.8, 4) is 22.6 Å². The molecule has 0 aliphatic heterocycles. The lowest BCUT2D eigenvalue weighted by molar-refractivity contribution is 0.400. The summed E-state index contributed by atoms with van der Waals surface area (Å²) in [4.78, 5) is 2.24. The highest BCUT2D eigenvalue weighted by molar-refractivity contribution is 6.00. The molecule has 0 unspecified atom stereocenters. The third-order valence-corrected chi connectivity index (χ3v) is 5.44. The zero-order valence-corrected chi connectivity index (χ0v) is 17.2. The van der Waals surface area contributed by atoms with E-state index in [4.69, 9.17) is 9.62 Å². The molecule has 0 aliphatic carbocycles. The third kappa shape index (κ3) is 2.74. The van der Waals surface area contributed by atoms with Gasteiger partial charge >= 0.3 is 0 Å². The minimum absolute atomic E-state index is 0.627. The van der Waals surface area contributed by atoms with E-state index in [1.54, 1.807) is 0 Å². The molecule has 5 aromatic rings. The Bertz CT molecular complexity index is 1330. The molecule has 3 heterocycles. The first-order valence-corrected chi connectivity index (χ1v) is 10.1. The normalized spacial score (nSPS) is 11.4. The van der Waals surface area contributed by atoms with Crippen molar-refractivity contribution in [2.75, 3.05) is 18.0 Å². The Morgan fingerprint density at radius 1 is 0.900 bits per heavy atom. The van der Waals surface area contributed by atoms with Crippen LogP contribution in [0, 0.1) is 6.92 Å². The van der Waals surface area contributed by atoms with Crippen molar-refractivity contribution in [1.29, 1.82) is 0 Å². The largest absolute Gasteiger partial charge is 0.360 e. The van der Waals surface area contributed by atoms with Crippen LogP contribution in [0.3, 0.4) is 0 Å². The van der Waals surface area contributed by atoms with Gasteiger partial charge in [0.15, 0.2) is 17.3 Å². The molecule has 0 aliphatic rings. The molecule has 0 radical (unpaired) electrons. The Morgan fingerprint density at radius 3 is 2.33 bits per heavy atom. The summed E-state index contributed by atoms with van der Waals surface area (Å²) in [7, 11) is 0. The summed E-state index contributed by atoms with van der Waals surface area (Å²) in [6, 6.07) is 18.2. The highest BCUT2D eigenvalue weighted by Crippen LogP contribution is 2.35. The molecule has 3 aromatic heterocycles. The van der Waals surface area contributed by atoms with Crippen LogP contribution in [0.5, 0.6) is 0 Å². The molecule has 0 fully saturated rings. The van der Waals surface area contributed by atoms with Crippen LogP contribution in [0.1, 0.15) is 19.6 Å². The molecule has 7 heteroatoms. The first-order chi connectivity index (χ1) is 14.7. The van der Waals surface area contributed by atoms with Crippen LogP contribution >= 0.6 is 0 Å². The topological polar surface area (TPSA) is 72.4 Å². The van der Waals surface area contributed by atoms with Crippen molar-refractivity contribution < 1.29 is 4.52 Å². The van der Waals surface area contributed by atoms with E-state index < -0.39 is 0 Å². The molecule has 0 N–H and O–H groups in total. The maximum absolute atomic E-state index is 5.56. The van der Waals surface area contributed by atoms with Gasteiger partial charge < -0.3 is 9.42 Å². The average Bonchev–Trinajstić information content (AvgIpc) is 3.38. The summed E-state index contributed by atoms with van der Waals surface area (Å²) >= 11 is 0. The lowest BCUT2D eigenvalue weighted by atomic mass is 10.1. The Balaban J connectivity index is 1.82. The van der Waals surface area contributed by atoms with E-state index in [2.05, 4.69) is 46.2 Å². The summed E-state index contributed by atoms with van der Waals surface area (Å²) < 4.78 is 7.38. The Kier molecular flexibility index (Phi) is 4.43. The zero-order valence-electron chi connectivity index (χ0n) is 17.2. The molecule has 0 saturated heterocycles. The van der Waals surface area contributed by atoms with Crippen LogP contribution in [0.2, 0.25) is 0 Å². The van der Waals surface area contributed by atoms with E-state index in [0.717, 1.165) is 52.1 Å². The van der Waals surface area contributed by atoms with Crippen LogP contribution in [0.25, 0.3) is 39.1 Å². The number of benzene rings is 2. The maximum Gasteiger partial charge on any atom is 0.191 e. The molecular formula is C23H22N6O. The maximum atomic E-state index is 5.56. The van der Waals surface area contributed by atoms with Crippen molar-refractivity contribution in [3.63, 3.8) is 0 Å². The van der Waals surface area contributed by atoms with Gasteiger partial charge in [-0.15, -0.1) is 15.3 Å². The number of hydrogen-bond acceptors (Lipinski definition) is 6. The number of fused-ring (bicyclic) bond motifs is 3. The van der Waals surface area contributed by atoms with Crippen molar-refractivity contribution >= 4 is 22.2 Å². The first-order valence-electron chi connectivity index (χ1n) is 10.1. The van der Waals surface area contributed by atoms with Gasteiger partial charge in [0, 0.05) is 29.4 Å². The number of anilines is 1. The van der Waals surface area contributed by atoms with Crippen molar-refractivity contribution in [2.24, 2.45) is 0 Å². The van der Waals surface area contributed by atoms with E-state index in [1.807, 2.05) is 53.9 Å². The minimum Gasteiger partial charge on any atom is -0.360 e. The number of aryl methyl sites for hydroxylation is 1. The highest BCUT2D eigenvalue weighted by atomic mass is 16.5. The molecule has 7 nitrogen and oxygen atoms in total. The molecule has 0 atom stereocenters. The average molecular weight is 398 g/mol.